The Balaban J connectivity index is 1.27. The van der Waals surface area contributed by atoms with Crippen LogP contribution in [0.2, 0.25) is 0 Å². The average Bonchev–Trinajstić information content (AvgIpc) is 3.19. The summed E-state index contributed by atoms with van der Waals surface area (Å²) in [4.78, 5) is 28.8. The van der Waals surface area contributed by atoms with Crippen molar-refractivity contribution in [2.75, 3.05) is 42.9 Å². The zero-order valence-electron chi connectivity index (χ0n) is 16.4. The van der Waals surface area contributed by atoms with E-state index in [1.807, 2.05) is 41.8 Å². The monoisotopic (exact) mass is 420 g/mol. The fraction of sp³-hybridized carbons (Fsp3) is 0.217. The van der Waals surface area contributed by atoms with Gasteiger partial charge in [-0.3, -0.25) is 4.79 Å². The fourth-order valence-electron chi connectivity index (χ4n) is 4.07. The second-order valence-electron chi connectivity index (χ2n) is 7.54. The summed E-state index contributed by atoms with van der Waals surface area (Å²) in [6.45, 7) is 4.04. The first-order valence-electron chi connectivity index (χ1n) is 10.1. The zero-order valence-corrected chi connectivity index (χ0v) is 17.2. The van der Waals surface area contributed by atoms with Crippen LogP contribution in [-0.2, 0) is 4.79 Å². The number of nitrogens with one attached hydrogen (secondary N) is 2. The van der Waals surface area contributed by atoms with E-state index in [1.165, 1.54) is 21.9 Å². The minimum absolute atomic E-state index is 0.0746. The lowest BCUT2D eigenvalue weighted by molar-refractivity contribution is -0.892. The van der Waals surface area contributed by atoms with Crippen molar-refractivity contribution in [3.63, 3.8) is 0 Å². The molecule has 1 fully saturated rings. The number of rotatable bonds is 4. The summed E-state index contributed by atoms with van der Waals surface area (Å²) in [7, 11) is 0. The number of amides is 1. The van der Waals surface area contributed by atoms with Crippen molar-refractivity contribution in [3.8, 4) is 0 Å². The molecule has 1 aliphatic heterocycles. The van der Waals surface area contributed by atoms with Crippen molar-refractivity contribution < 1.29 is 14.1 Å². The van der Waals surface area contributed by atoms with Crippen LogP contribution in [0.25, 0.3) is 21.7 Å². The van der Waals surface area contributed by atoms with E-state index in [2.05, 4.69) is 22.3 Å². The maximum Gasteiger partial charge on any atom is 0.347 e. The first kappa shape index (κ1) is 18.8. The van der Waals surface area contributed by atoms with E-state index in [4.69, 9.17) is 4.42 Å². The Bertz CT molecular complexity index is 1260. The molecule has 30 heavy (non-hydrogen) atoms. The van der Waals surface area contributed by atoms with Gasteiger partial charge >= 0.3 is 5.63 Å². The predicted molar refractivity (Wildman–Crippen MR) is 121 cm³/mol. The number of para-hydroxylation sites is 2. The second kappa shape index (κ2) is 7.93. The molecule has 0 bridgehead atoms. The summed E-state index contributed by atoms with van der Waals surface area (Å²) >= 11 is 1.37. The van der Waals surface area contributed by atoms with Crippen molar-refractivity contribution in [1.29, 1.82) is 0 Å². The Labute approximate surface area is 177 Å². The smallest absolute Gasteiger partial charge is 0.347 e. The van der Waals surface area contributed by atoms with E-state index in [0.717, 1.165) is 37.0 Å². The quantitative estimate of drug-likeness (QED) is 0.498. The lowest BCUT2D eigenvalue weighted by atomic mass is 10.1. The maximum absolute atomic E-state index is 12.7. The molecule has 2 N–H and O–H groups in total. The second-order valence-corrected chi connectivity index (χ2v) is 8.42. The SMILES string of the molecule is O=C(C[NH+]1CCN(c2ccccc2)CC1)Nc1scc2c1c(=O)oc1ccccc12. The predicted octanol–water partition coefficient (Wildman–Crippen LogP) is 2.35. The maximum atomic E-state index is 12.7. The van der Waals surface area contributed by atoms with Crippen molar-refractivity contribution in [2.45, 2.75) is 0 Å². The van der Waals surface area contributed by atoms with E-state index in [0.29, 0.717) is 22.5 Å². The number of hydrogen-bond donors (Lipinski definition) is 2. The standard InChI is InChI=1S/C23H21N3O3S/c27-20(14-25-10-12-26(13-11-25)16-6-2-1-3-7-16)24-22-21-18(15-30-22)17-8-4-5-9-19(17)29-23(21)28/h1-9,15H,10-14H2,(H,24,27)/p+1. The molecule has 0 unspecified atom stereocenters. The molecule has 0 aliphatic carbocycles. The molecule has 2 aromatic carbocycles. The molecular formula is C23H22N3O3S+. The third-order valence-corrected chi connectivity index (χ3v) is 6.53. The highest BCUT2D eigenvalue weighted by Gasteiger charge is 2.23. The summed E-state index contributed by atoms with van der Waals surface area (Å²) < 4.78 is 5.45. The van der Waals surface area contributed by atoms with Gasteiger partial charge in [-0.2, -0.15) is 0 Å². The minimum Gasteiger partial charge on any atom is -0.422 e. The minimum atomic E-state index is -0.413. The number of carbonyl (C=O) groups is 1. The van der Waals surface area contributed by atoms with Crippen molar-refractivity contribution in [2.24, 2.45) is 0 Å². The van der Waals surface area contributed by atoms with Gasteiger partial charge in [0.2, 0.25) is 0 Å². The number of carbonyl (C=O) groups excluding carboxylic acids is 1. The fourth-order valence-corrected chi connectivity index (χ4v) is 5.04. The Morgan fingerprint density at radius 3 is 2.57 bits per heavy atom. The molecule has 7 heteroatoms. The van der Waals surface area contributed by atoms with Crippen LogP contribution < -0.4 is 20.7 Å². The topological polar surface area (TPSA) is 67.0 Å². The molecule has 1 aliphatic rings. The van der Waals surface area contributed by atoms with Crippen LogP contribution in [0.3, 0.4) is 0 Å². The highest BCUT2D eigenvalue weighted by Crippen LogP contribution is 2.33. The first-order valence-corrected chi connectivity index (χ1v) is 10.9. The molecule has 2 aromatic heterocycles. The van der Waals surface area contributed by atoms with Crippen LogP contribution in [0.15, 0.2) is 69.2 Å². The number of thiophene rings is 1. The van der Waals surface area contributed by atoms with Gasteiger partial charge in [0.05, 0.1) is 26.2 Å². The van der Waals surface area contributed by atoms with Crippen molar-refractivity contribution in [3.05, 3.63) is 70.4 Å². The molecule has 0 saturated carbocycles. The van der Waals surface area contributed by atoms with Crippen LogP contribution >= 0.6 is 11.3 Å². The van der Waals surface area contributed by atoms with Crippen molar-refractivity contribution >= 4 is 49.7 Å². The molecule has 3 heterocycles. The molecule has 6 nitrogen and oxygen atoms in total. The first-order chi connectivity index (χ1) is 14.7. The van der Waals surface area contributed by atoms with E-state index < -0.39 is 5.63 Å². The lowest BCUT2D eigenvalue weighted by Gasteiger charge is -2.33. The van der Waals surface area contributed by atoms with Gasteiger partial charge in [0.15, 0.2) is 6.54 Å². The average molecular weight is 421 g/mol. The van der Waals surface area contributed by atoms with Crippen LogP contribution in [0.5, 0.6) is 0 Å². The molecule has 5 rings (SSSR count). The van der Waals surface area contributed by atoms with Gasteiger partial charge in [0.1, 0.15) is 16.0 Å². The summed E-state index contributed by atoms with van der Waals surface area (Å²) in [6, 6.07) is 17.8. The van der Waals surface area contributed by atoms with Crippen LogP contribution in [0.4, 0.5) is 10.7 Å². The van der Waals surface area contributed by atoms with Crippen LogP contribution in [0.1, 0.15) is 0 Å². The molecular weight excluding hydrogens is 398 g/mol. The number of anilines is 2. The van der Waals surface area contributed by atoms with Crippen LogP contribution in [0, 0.1) is 0 Å². The molecule has 1 saturated heterocycles. The van der Waals surface area contributed by atoms with Crippen LogP contribution in [-0.4, -0.2) is 38.6 Å². The van der Waals surface area contributed by atoms with Gasteiger partial charge in [0.25, 0.3) is 5.91 Å². The molecule has 4 aromatic rings. The summed E-state index contributed by atoms with van der Waals surface area (Å²) in [5.41, 5.74) is 1.38. The van der Waals surface area contributed by atoms with E-state index in [9.17, 15) is 9.59 Å². The Morgan fingerprint density at radius 1 is 1.03 bits per heavy atom. The molecule has 0 atom stereocenters. The van der Waals surface area contributed by atoms with Crippen molar-refractivity contribution in [1.82, 2.24) is 0 Å². The summed E-state index contributed by atoms with van der Waals surface area (Å²) in [5.74, 6) is -0.0746. The van der Waals surface area contributed by atoms with Gasteiger partial charge in [0, 0.05) is 21.8 Å². The third kappa shape index (κ3) is 3.58. The highest BCUT2D eigenvalue weighted by atomic mass is 32.1. The number of hydrogen-bond acceptors (Lipinski definition) is 5. The molecule has 0 radical (unpaired) electrons. The number of fused-ring (bicyclic) bond motifs is 3. The summed E-state index contributed by atoms with van der Waals surface area (Å²) in [6.07, 6.45) is 0. The number of benzene rings is 2. The number of quaternary nitrogens is 1. The van der Waals surface area contributed by atoms with Gasteiger partial charge < -0.3 is 19.5 Å². The van der Waals surface area contributed by atoms with E-state index >= 15 is 0 Å². The van der Waals surface area contributed by atoms with E-state index in [1.54, 1.807) is 6.07 Å². The Morgan fingerprint density at radius 2 is 1.77 bits per heavy atom. The molecule has 0 spiro atoms. The highest BCUT2D eigenvalue weighted by molar-refractivity contribution is 7.16. The normalized spacial score (nSPS) is 15.0. The molecule has 152 valence electrons. The lowest BCUT2D eigenvalue weighted by Crippen LogP contribution is -3.15. The van der Waals surface area contributed by atoms with E-state index in [-0.39, 0.29) is 5.91 Å². The molecule has 1 amide bonds. The third-order valence-electron chi connectivity index (χ3n) is 5.63. The largest absolute Gasteiger partial charge is 0.422 e. The summed E-state index contributed by atoms with van der Waals surface area (Å²) in [5, 5.41) is 7.59. The van der Waals surface area contributed by atoms with Gasteiger partial charge in [-0.05, 0) is 18.2 Å². The van der Waals surface area contributed by atoms with Gasteiger partial charge in [-0.1, -0.05) is 36.4 Å². The van der Waals surface area contributed by atoms with Gasteiger partial charge in [-0.25, -0.2) is 4.79 Å². The number of nitrogens with zero attached hydrogens (tertiary/aromatic N) is 1. The van der Waals surface area contributed by atoms with Gasteiger partial charge in [-0.15, -0.1) is 11.3 Å². The Kier molecular flexibility index (Phi) is 4.98. The Hall–Kier alpha value is -3.16. The zero-order chi connectivity index (χ0) is 20.5. The number of piperazine rings is 1.